The van der Waals surface area contributed by atoms with Gasteiger partial charge in [-0.3, -0.25) is 9.59 Å². The summed E-state index contributed by atoms with van der Waals surface area (Å²) in [6, 6.07) is 1.88. The summed E-state index contributed by atoms with van der Waals surface area (Å²) in [4.78, 5) is 26.0. The molecule has 0 bridgehead atoms. The van der Waals surface area contributed by atoms with Gasteiger partial charge in [-0.2, -0.15) is 0 Å². The zero-order valence-electron chi connectivity index (χ0n) is 13.3. The third kappa shape index (κ3) is 5.25. The normalized spacial score (nSPS) is 11.5. The van der Waals surface area contributed by atoms with Gasteiger partial charge in [-0.15, -0.1) is 11.3 Å². The van der Waals surface area contributed by atoms with Crippen LogP contribution in [0, 0.1) is 13.8 Å². The fourth-order valence-electron chi connectivity index (χ4n) is 2.12. The molecule has 1 heterocycles. The van der Waals surface area contributed by atoms with Gasteiger partial charge in [0.05, 0.1) is 5.60 Å². The second kappa shape index (κ2) is 7.71. The Morgan fingerprint density at radius 2 is 1.86 bits per heavy atom. The molecule has 0 aromatic carbocycles. The molecule has 0 saturated heterocycles. The molecule has 4 nitrogen and oxygen atoms in total. The summed E-state index contributed by atoms with van der Waals surface area (Å²) in [5.41, 5.74) is -0.121. The van der Waals surface area contributed by atoms with Crippen molar-refractivity contribution >= 4 is 23.0 Å². The average Bonchev–Trinajstić information content (AvgIpc) is 2.81. The van der Waals surface area contributed by atoms with E-state index in [1.807, 2.05) is 33.8 Å². The van der Waals surface area contributed by atoms with Crippen LogP contribution in [0.2, 0.25) is 0 Å². The number of aryl methyl sites for hydroxylation is 2. The van der Waals surface area contributed by atoms with E-state index in [-0.39, 0.29) is 31.1 Å². The van der Waals surface area contributed by atoms with Crippen LogP contribution in [0.15, 0.2) is 6.07 Å². The fraction of sp³-hybridized carbons (Fsp3) is 0.625. The topological polar surface area (TPSA) is 66.4 Å². The summed E-state index contributed by atoms with van der Waals surface area (Å²) >= 11 is 1.60. The second-order valence-electron chi connectivity index (χ2n) is 5.46. The summed E-state index contributed by atoms with van der Waals surface area (Å²) in [6.45, 7) is 7.91. The van der Waals surface area contributed by atoms with Crippen LogP contribution in [0.4, 0.5) is 0 Å². The Bertz CT molecular complexity index is 504. The van der Waals surface area contributed by atoms with E-state index < -0.39 is 5.60 Å². The number of Topliss-reactive ketones (excluding diaryl/α,β-unsaturated/α-hetero) is 1. The lowest BCUT2D eigenvalue weighted by Gasteiger charge is -2.25. The standard InChI is InChI=1S/C16H25NO3S/c1-5-16(20,6-2)10-17-15(19)8-7-14(18)13-9-11(3)21-12(13)4/h9,20H,5-8,10H2,1-4H3,(H,17,19). The van der Waals surface area contributed by atoms with Crippen molar-refractivity contribution in [2.24, 2.45) is 0 Å². The van der Waals surface area contributed by atoms with E-state index in [4.69, 9.17) is 0 Å². The van der Waals surface area contributed by atoms with Crippen molar-refractivity contribution in [3.63, 3.8) is 0 Å². The lowest BCUT2D eigenvalue weighted by atomic mass is 9.97. The van der Waals surface area contributed by atoms with E-state index in [2.05, 4.69) is 5.32 Å². The van der Waals surface area contributed by atoms with Crippen LogP contribution >= 0.6 is 11.3 Å². The highest BCUT2D eigenvalue weighted by molar-refractivity contribution is 7.12. The van der Waals surface area contributed by atoms with Crippen LogP contribution in [0.1, 0.15) is 59.6 Å². The Morgan fingerprint density at radius 3 is 2.33 bits per heavy atom. The lowest BCUT2D eigenvalue weighted by Crippen LogP contribution is -2.42. The fourth-order valence-corrected chi connectivity index (χ4v) is 3.06. The third-order valence-electron chi connectivity index (χ3n) is 3.85. The summed E-state index contributed by atoms with van der Waals surface area (Å²) in [5.74, 6) is -0.179. The van der Waals surface area contributed by atoms with Crippen molar-refractivity contribution in [1.29, 1.82) is 0 Å². The zero-order chi connectivity index (χ0) is 16.0. The molecule has 0 aliphatic rings. The zero-order valence-corrected chi connectivity index (χ0v) is 14.1. The Hall–Kier alpha value is -1.20. The molecular weight excluding hydrogens is 286 g/mol. The largest absolute Gasteiger partial charge is 0.388 e. The number of ketones is 1. The number of carbonyl (C=O) groups excluding carboxylic acids is 2. The summed E-state index contributed by atoms with van der Waals surface area (Å²) in [5, 5.41) is 12.8. The number of rotatable bonds is 8. The molecule has 1 rings (SSSR count). The molecule has 1 aromatic rings. The molecule has 0 aliphatic heterocycles. The highest BCUT2D eigenvalue weighted by Gasteiger charge is 2.23. The van der Waals surface area contributed by atoms with Crippen LogP contribution in [0.25, 0.3) is 0 Å². The predicted octanol–water partition coefficient (Wildman–Crippen LogP) is 3.00. The Labute approximate surface area is 130 Å². The van der Waals surface area contributed by atoms with Gasteiger partial charge in [0.25, 0.3) is 0 Å². The highest BCUT2D eigenvalue weighted by Crippen LogP contribution is 2.22. The maximum atomic E-state index is 12.1. The van der Waals surface area contributed by atoms with E-state index in [0.717, 1.165) is 15.3 Å². The summed E-state index contributed by atoms with van der Waals surface area (Å²) < 4.78 is 0. The third-order valence-corrected chi connectivity index (χ3v) is 4.82. The molecular formula is C16H25NO3S. The van der Waals surface area contributed by atoms with E-state index in [1.54, 1.807) is 11.3 Å². The first kappa shape index (κ1) is 17.9. The number of carbonyl (C=O) groups is 2. The number of amides is 1. The highest BCUT2D eigenvalue weighted by atomic mass is 32.1. The van der Waals surface area contributed by atoms with Crippen LogP contribution in [0.3, 0.4) is 0 Å². The van der Waals surface area contributed by atoms with E-state index in [9.17, 15) is 14.7 Å². The number of hydrogen-bond donors (Lipinski definition) is 2. The number of aliphatic hydroxyl groups is 1. The molecule has 0 radical (unpaired) electrons. The molecule has 0 aliphatic carbocycles. The Balaban J connectivity index is 2.43. The van der Waals surface area contributed by atoms with Crippen molar-refractivity contribution in [2.45, 2.75) is 59.0 Å². The van der Waals surface area contributed by atoms with Gasteiger partial charge in [-0.05, 0) is 32.8 Å². The SMILES string of the molecule is CCC(O)(CC)CNC(=O)CCC(=O)c1cc(C)sc1C. The summed E-state index contributed by atoms with van der Waals surface area (Å²) in [6.07, 6.45) is 1.56. The van der Waals surface area contributed by atoms with Crippen molar-refractivity contribution < 1.29 is 14.7 Å². The predicted molar refractivity (Wildman–Crippen MR) is 85.9 cm³/mol. The molecule has 21 heavy (non-hydrogen) atoms. The van der Waals surface area contributed by atoms with Gasteiger partial charge in [0.1, 0.15) is 0 Å². The first-order valence-corrected chi connectivity index (χ1v) is 8.22. The maximum Gasteiger partial charge on any atom is 0.220 e. The molecule has 1 aromatic heterocycles. The second-order valence-corrected chi connectivity index (χ2v) is 6.92. The van der Waals surface area contributed by atoms with Gasteiger partial charge in [0.2, 0.25) is 5.91 Å². The minimum atomic E-state index is -0.847. The van der Waals surface area contributed by atoms with Gasteiger partial charge in [0, 0.05) is 34.7 Å². The molecule has 0 atom stereocenters. The average molecular weight is 311 g/mol. The van der Waals surface area contributed by atoms with Gasteiger partial charge < -0.3 is 10.4 Å². The molecule has 2 N–H and O–H groups in total. The van der Waals surface area contributed by atoms with Gasteiger partial charge >= 0.3 is 0 Å². The van der Waals surface area contributed by atoms with Crippen molar-refractivity contribution in [3.8, 4) is 0 Å². The smallest absolute Gasteiger partial charge is 0.220 e. The molecule has 0 fully saturated rings. The monoisotopic (exact) mass is 311 g/mol. The van der Waals surface area contributed by atoms with Crippen molar-refractivity contribution in [1.82, 2.24) is 5.32 Å². The molecule has 0 spiro atoms. The van der Waals surface area contributed by atoms with Crippen molar-refractivity contribution in [3.05, 3.63) is 21.4 Å². The number of hydrogen-bond acceptors (Lipinski definition) is 4. The molecule has 0 unspecified atom stereocenters. The van der Waals surface area contributed by atoms with E-state index >= 15 is 0 Å². The Kier molecular flexibility index (Phi) is 6.55. The molecule has 5 heteroatoms. The van der Waals surface area contributed by atoms with E-state index in [1.165, 1.54) is 0 Å². The number of nitrogens with one attached hydrogen (secondary N) is 1. The summed E-state index contributed by atoms with van der Waals surface area (Å²) in [7, 11) is 0. The Morgan fingerprint density at radius 1 is 1.24 bits per heavy atom. The van der Waals surface area contributed by atoms with Gasteiger partial charge in [-0.1, -0.05) is 13.8 Å². The first-order valence-electron chi connectivity index (χ1n) is 7.40. The van der Waals surface area contributed by atoms with Gasteiger partial charge in [0.15, 0.2) is 5.78 Å². The van der Waals surface area contributed by atoms with Crippen molar-refractivity contribution in [2.75, 3.05) is 6.54 Å². The van der Waals surface area contributed by atoms with Gasteiger partial charge in [-0.25, -0.2) is 0 Å². The quantitative estimate of drug-likeness (QED) is 0.725. The lowest BCUT2D eigenvalue weighted by molar-refractivity contribution is -0.122. The van der Waals surface area contributed by atoms with Crippen LogP contribution < -0.4 is 5.32 Å². The first-order chi connectivity index (χ1) is 9.81. The molecule has 118 valence electrons. The molecule has 1 amide bonds. The molecule has 0 saturated carbocycles. The maximum absolute atomic E-state index is 12.1. The van der Waals surface area contributed by atoms with Crippen LogP contribution in [-0.2, 0) is 4.79 Å². The minimum Gasteiger partial charge on any atom is -0.388 e. The van der Waals surface area contributed by atoms with E-state index in [0.29, 0.717) is 12.8 Å². The van der Waals surface area contributed by atoms with Crippen LogP contribution in [0.5, 0.6) is 0 Å². The number of thiophene rings is 1. The van der Waals surface area contributed by atoms with Crippen LogP contribution in [-0.4, -0.2) is 28.9 Å². The minimum absolute atomic E-state index is 0.00763.